The minimum Gasteiger partial charge on any atom is -0.394 e. The van der Waals surface area contributed by atoms with Gasteiger partial charge in [0.1, 0.15) is 0 Å². The summed E-state index contributed by atoms with van der Waals surface area (Å²) in [5.41, 5.74) is -0.478. The number of ketones is 1. The van der Waals surface area contributed by atoms with Gasteiger partial charge in [-0.1, -0.05) is 31.7 Å². The smallest absolute Gasteiger partial charge is 0.394 e. The van der Waals surface area contributed by atoms with Gasteiger partial charge in [0, 0.05) is 18.3 Å². The normalized spacial score (nSPS) is 18.4. The van der Waals surface area contributed by atoms with Crippen molar-refractivity contribution in [3.63, 3.8) is 0 Å². The number of halogens is 3. The van der Waals surface area contributed by atoms with Gasteiger partial charge in [0.2, 0.25) is 0 Å². The monoisotopic (exact) mass is 479 g/mol. The van der Waals surface area contributed by atoms with Gasteiger partial charge in [0.25, 0.3) is 5.91 Å². The van der Waals surface area contributed by atoms with E-state index in [9.17, 15) is 27.9 Å². The van der Waals surface area contributed by atoms with Gasteiger partial charge in [-0.25, -0.2) is 0 Å². The number of carbonyl (C=O) groups excluding carboxylic acids is 2. The minimum atomic E-state index is -4.58. The summed E-state index contributed by atoms with van der Waals surface area (Å²) in [6.07, 6.45) is 0.293. The maximum atomic E-state index is 13.5. The number of aromatic nitrogens is 2. The molecule has 0 spiro atoms. The van der Waals surface area contributed by atoms with Gasteiger partial charge in [-0.3, -0.25) is 14.3 Å². The quantitative estimate of drug-likeness (QED) is 0.577. The number of carbonyl (C=O) groups is 2. The van der Waals surface area contributed by atoms with Gasteiger partial charge in [-0.05, 0) is 36.1 Å². The third kappa shape index (κ3) is 5.17. The molecule has 0 bridgehead atoms. The number of hydrogen-bond donors (Lipinski definition) is 2. The summed E-state index contributed by atoms with van der Waals surface area (Å²) in [5, 5.41) is 22.8. The van der Waals surface area contributed by atoms with Crippen molar-refractivity contribution in [1.82, 2.24) is 14.7 Å². The second kappa shape index (κ2) is 9.87. The lowest BCUT2D eigenvalue weighted by Gasteiger charge is -2.29. The van der Waals surface area contributed by atoms with E-state index in [2.05, 4.69) is 5.10 Å². The van der Waals surface area contributed by atoms with E-state index in [0.29, 0.717) is 12.1 Å². The zero-order valence-corrected chi connectivity index (χ0v) is 18.7. The van der Waals surface area contributed by atoms with Crippen molar-refractivity contribution in [3.8, 4) is 0 Å². The van der Waals surface area contributed by atoms with E-state index >= 15 is 0 Å². The summed E-state index contributed by atoms with van der Waals surface area (Å²) < 4.78 is 42.1. The standard InChI is InChI=1S/C24H28F3N3O4/c25-24(26,27)20-7-3-6-18-19(20)13-30(23(18)34)21(10-15-4-1-2-5-15)22(33)11-16-8-9-29(28-16)12-17(32)14-31/h3,6-9,15,17,21,31-32H,1-2,4-5,10-14H2/t17-,21-/m0/s1. The molecule has 34 heavy (non-hydrogen) atoms. The van der Waals surface area contributed by atoms with Gasteiger partial charge < -0.3 is 15.1 Å². The molecule has 2 aliphatic rings. The van der Waals surface area contributed by atoms with Crippen LogP contribution >= 0.6 is 0 Å². The summed E-state index contributed by atoms with van der Waals surface area (Å²) in [5.74, 6) is -0.576. The summed E-state index contributed by atoms with van der Waals surface area (Å²) >= 11 is 0. The van der Waals surface area contributed by atoms with Crippen LogP contribution in [0.3, 0.4) is 0 Å². The predicted molar refractivity (Wildman–Crippen MR) is 116 cm³/mol. The number of rotatable bonds is 9. The largest absolute Gasteiger partial charge is 0.416 e. The molecule has 1 aromatic heterocycles. The van der Waals surface area contributed by atoms with Crippen LogP contribution < -0.4 is 0 Å². The Balaban J connectivity index is 1.57. The molecule has 7 nitrogen and oxygen atoms in total. The summed E-state index contributed by atoms with van der Waals surface area (Å²) in [7, 11) is 0. The number of amides is 1. The van der Waals surface area contributed by atoms with E-state index < -0.39 is 36.4 Å². The van der Waals surface area contributed by atoms with Crippen LogP contribution in [0.4, 0.5) is 13.2 Å². The molecule has 10 heteroatoms. The van der Waals surface area contributed by atoms with Crippen molar-refractivity contribution in [2.24, 2.45) is 5.92 Å². The van der Waals surface area contributed by atoms with Crippen molar-refractivity contribution in [3.05, 3.63) is 52.8 Å². The van der Waals surface area contributed by atoms with Crippen LogP contribution in [-0.4, -0.2) is 55.3 Å². The van der Waals surface area contributed by atoms with Gasteiger partial charge in [-0.15, -0.1) is 0 Å². The molecule has 1 aliphatic carbocycles. The lowest BCUT2D eigenvalue weighted by molar-refractivity contribution is -0.138. The molecular weight excluding hydrogens is 451 g/mol. The first kappa shape index (κ1) is 24.4. The number of benzene rings is 1. The lowest BCUT2D eigenvalue weighted by atomic mass is 9.93. The highest BCUT2D eigenvalue weighted by atomic mass is 19.4. The van der Waals surface area contributed by atoms with Gasteiger partial charge in [0.15, 0.2) is 5.78 Å². The van der Waals surface area contributed by atoms with Gasteiger partial charge in [-0.2, -0.15) is 18.3 Å². The molecule has 2 aromatic rings. The average Bonchev–Trinajstić information content (AvgIpc) is 3.52. The number of aliphatic hydroxyl groups is 2. The summed E-state index contributed by atoms with van der Waals surface area (Å²) in [6, 6.07) is 4.37. The van der Waals surface area contributed by atoms with E-state index in [1.165, 1.54) is 21.7 Å². The molecular formula is C24H28F3N3O4. The lowest BCUT2D eigenvalue weighted by Crippen LogP contribution is -2.43. The van der Waals surface area contributed by atoms with E-state index in [1.54, 1.807) is 12.3 Å². The van der Waals surface area contributed by atoms with Crippen molar-refractivity contribution < 1.29 is 33.0 Å². The summed E-state index contributed by atoms with van der Waals surface area (Å²) in [4.78, 5) is 27.8. The van der Waals surface area contributed by atoms with Crippen LogP contribution in [0.5, 0.6) is 0 Å². The third-order valence-corrected chi connectivity index (χ3v) is 6.74. The molecule has 4 rings (SSSR count). The van der Waals surface area contributed by atoms with Crippen LogP contribution in [-0.2, 0) is 30.5 Å². The fraction of sp³-hybridized carbons (Fsp3) is 0.542. The number of fused-ring (bicyclic) bond motifs is 1. The molecule has 0 radical (unpaired) electrons. The average molecular weight is 479 g/mol. The highest BCUT2D eigenvalue weighted by Crippen LogP contribution is 2.39. The second-order valence-electron chi connectivity index (χ2n) is 9.17. The Kier molecular flexibility index (Phi) is 7.09. The first-order chi connectivity index (χ1) is 16.2. The van der Waals surface area contributed by atoms with Crippen molar-refractivity contribution >= 4 is 11.7 Å². The molecule has 1 saturated carbocycles. The first-order valence-electron chi connectivity index (χ1n) is 11.5. The molecule has 1 amide bonds. The van der Waals surface area contributed by atoms with E-state index in [1.807, 2.05) is 0 Å². The number of aliphatic hydroxyl groups excluding tert-OH is 2. The number of hydrogen-bond acceptors (Lipinski definition) is 5. The Hall–Kier alpha value is -2.72. The molecule has 1 fully saturated rings. The highest BCUT2D eigenvalue weighted by Gasteiger charge is 2.43. The van der Waals surface area contributed by atoms with E-state index in [-0.39, 0.29) is 42.3 Å². The van der Waals surface area contributed by atoms with Crippen molar-refractivity contribution in [2.75, 3.05) is 6.61 Å². The molecule has 184 valence electrons. The highest BCUT2D eigenvalue weighted by molar-refractivity contribution is 6.02. The molecule has 2 N–H and O–H groups in total. The van der Waals surface area contributed by atoms with Crippen LogP contribution in [0.2, 0.25) is 0 Å². The van der Waals surface area contributed by atoms with Gasteiger partial charge in [0.05, 0.1) is 43.0 Å². The molecule has 1 aliphatic heterocycles. The molecule has 1 aromatic carbocycles. The van der Waals surface area contributed by atoms with Crippen LogP contribution in [0.25, 0.3) is 0 Å². The number of nitrogens with zero attached hydrogens (tertiary/aromatic N) is 3. The molecule has 0 unspecified atom stereocenters. The molecule has 2 atom stereocenters. The number of Topliss-reactive ketones (excluding diaryl/α,β-unsaturated/α-hetero) is 1. The molecule has 0 saturated heterocycles. The zero-order chi connectivity index (χ0) is 24.5. The Morgan fingerprint density at radius 3 is 2.62 bits per heavy atom. The topological polar surface area (TPSA) is 95.7 Å². The minimum absolute atomic E-state index is 0.00122. The number of alkyl halides is 3. The Labute approximate surface area is 195 Å². The predicted octanol–water partition coefficient (Wildman–Crippen LogP) is 2.97. The maximum absolute atomic E-state index is 13.5. The Morgan fingerprint density at radius 2 is 1.94 bits per heavy atom. The first-order valence-corrected chi connectivity index (χ1v) is 11.5. The van der Waals surface area contributed by atoms with Gasteiger partial charge >= 0.3 is 6.18 Å². The van der Waals surface area contributed by atoms with Crippen LogP contribution in [0.15, 0.2) is 30.5 Å². The van der Waals surface area contributed by atoms with Crippen molar-refractivity contribution in [2.45, 2.75) is 69.9 Å². The van der Waals surface area contributed by atoms with Crippen molar-refractivity contribution in [1.29, 1.82) is 0 Å². The second-order valence-corrected chi connectivity index (χ2v) is 9.17. The van der Waals surface area contributed by atoms with E-state index in [4.69, 9.17) is 5.11 Å². The fourth-order valence-electron chi connectivity index (χ4n) is 5.04. The zero-order valence-electron chi connectivity index (χ0n) is 18.7. The fourth-order valence-corrected chi connectivity index (χ4v) is 5.04. The molecule has 2 heterocycles. The van der Waals surface area contributed by atoms with Crippen LogP contribution in [0.1, 0.15) is 59.3 Å². The Bertz CT molecular complexity index is 1050. The van der Waals surface area contributed by atoms with E-state index in [0.717, 1.165) is 31.7 Å². The maximum Gasteiger partial charge on any atom is 0.416 e. The third-order valence-electron chi connectivity index (χ3n) is 6.74. The summed E-state index contributed by atoms with van der Waals surface area (Å²) in [6.45, 7) is -0.602. The SMILES string of the molecule is O=C(Cc1ccn(C[C@H](O)CO)n1)[C@H](CC1CCCC1)N1Cc2c(cccc2C(F)(F)F)C1=O. The van der Waals surface area contributed by atoms with Crippen LogP contribution in [0, 0.1) is 5.92 Å². The Morgan fingerprint density at radius 1 is 1.21 bits per heavy atom.